The number of hydrogen-bond acceptors (Lipinski definition) is 6. The van der Waals surface area contributed by atoms with Crippen LogP contribution in [0.5, 0.6) is 0 Å². The number of hydrogen-bond donors (Lipinski definition) is 0. The number of fused-ring (bicyclic) bond motifs is 9. The van der Waals surface area contributed by atoms with E-state index in [4.69, 9.17) is 23.8 Å². The molecular formula is C44H25N5O2. The summed E-state index contributed by atoms with van der Waals surface area (Å²) in [6.45, 7) is 0. The molecule has 5 aromatic heterocycles. The lowest BCUT2D eigenvalue weighted by Crippen LogP contribution is -2.00. The van der Waals surface area contributed by atoms with Crippen molar-refractivity contribution in [2.24, 2.45) is 0 Å². The van der Waals surface area contributed by atoms with Crippen LogP contribution in [0.15, 0.2) is 161 Å². The van der Waals surface area contributed by atoms with Crippen molar-refractivity contribution in [1.29, 1.82) is 0 Å². The third-order valence-electron chi connectivity index (χ3n) is 9.80. The van der Waals surface area contributed by atoms with Crippen molar-refractivity contribution >= 4 is 65.6 Å². The van der Waals surface area contributed by atoms with Crippen molar-refractivity contribution in [1.82, 2.24) is 24.5 Å². The Kier molecular flexibility index (Phi) is 5.83. The maximum absolute atomic E-state index is 6.50. The molecule has 0 saturated carbocycles. The van der Waals surface area contributed by atoms with Crippen LogP contribution in [0.4, 0.5) is 0 Å². The van der Waals surface area contributed by atoms with Gasteiger partial charge in [-0.05, 0) is 53.2 Å². The molecule has 0 aliphatic carbocycles. The highest BCUT2D eigenvalue weighted by atomic mass is 16.3. The van der Waals surface area contributed by atoms with Gasteiger partial charge in [0.25, 0.3) is 0 Å². The minimum Gasteiger partial charge on any atom is -0.455 e. The zero-order valence-corrected chi connectivity index (χ0v) is 27.0. The SMILES string of the molecule is c1ccc2c(c1)ccc1c2c(-c2nc(-c3cccc4c3oc3ccccc34)nc(-c3cccc4c3oc3ccccc34)n2)cn1-c1ccncc1. The number of benzene rings is 6. The average molecular weight is 656 g/mol. The van der Waals surface area contributed by atoms with E-state index in [0.29, 0.717) is 17.5 Å². The standard InChI is InChI=1S/C44H25N5O2/c1-2-10-28-26(9-1)19-20-36-39(28)35(25-49(36)27-21-23-45-24-22-27)44-47-42(33-15-7-13-31-29-11-3-5-17-37(29)50-40(31)33)46-43(48-44)34-16-8-14-32-30-12-4-6-18-38(30)51-41(32)34/h1-25H. The summed E-state index contributed by atoms with van der Waals surface area (Å²) in [5, 5.41) is 7.40. The van der Waals surface area contributed by atoms with Gasteiger partial charge in [0.1, 0.15) is 22.3 Å². The van der Waals surface area contributed by atoms with Gasteiger partial charge in [-0.25, -0.2) is 15.0 Å². The molecule has 238 valence electrons. The summed E-state index contributed by atoms with van der Waals surface area (Å²) >= 11 is 0. The van der Waals surface area contributed by atoms with Crippen LogP contribution in [0.1, 0.15) is 0 Å². The zero-order valence-electron chi connectivity index (χ0n) is 27.0. The van der Waals surface area contributed by atoms with Crippen LogP contribution in [-0.2, 0) is 0 Å². The van der Waals surface area contributed by atoms with Gasteiger partial charge in [0.05, 0.1) is 16.6 Å². The second-order valence-corrected chi connectivity index (χ2v) is 12.7. The molecule has 51 heavy (non-hydrogen) atoms. The van der Waals surface area contributed by atoms with E-state index in [9.17, 15) is 0 Å². The van der Waals surface area contributed by atoms with Crippen LogP contribution in [0.2, 0.25) is 0 Å². The van der Waals surface area contributed by atoms with Crippen LogP contribution < -0.4 is 0 Å². The van der Waals surface area contributed by atoms with Gasteiger partial charge < -0.3 is 13.4 Å². The molecule has 0 saturated heterocycles. The Bertz CT molecular complexity index is 3020. The van der Waals surface area contributed by atoms with Crippen LogP contribution in [0.25, 0.3) is 105 Å². The van der Waals surface area contributed by atoms with E-state index in [1.54, 1.807) is 0 Å². The Labute approximate surface area is 290 Å². The molecule has 0 unspecified atom stereocenters. The summed E-state index contributed by atoms with van der Waals surface area (Å²) in [5.74, 6) is 1.57. The molecule has 6 aromatic carbocycles. The van der Waals surface area contributed by atoms with E-state index in [2.05, 4.69) is 76.4 Å². The third-order valence-corrected chi connectivity index (χ3v) is 9.80. The molecular weight excluding hydrogens is 631 g/mol. The summed E-state index contributed by atoms with van der Waals surface area (Å²) in [4.78, 5) is 20.0. The van der Waals surface area contributed by atoms with Crippen molar-refractivity contribution in [3.8, 4) is 39.9 Å². The number of para-hydroxylation sites is 4. The van der Waals surface area contributed by atoms with Gasteiger partial charge in [-0.3, -0.25) is 4.98 Å². The number of furan rings is 2. The summed E-state index contributed by atoms with van der Waals surface area (Å²) in [7, 11) is 0. The first-order valence-corrected chi connectivity index (χ1v) is 16.8. The number of aromatic nitrogens is 5. The Hall–Kier alpha value is -7.12. The Morgan fingerprint density at radius 2 is 0.961 bits per heavy atom. The zero-order chi connectivity index (χ0) is 33.5. The first kappa shape index (κ1) is 27.8. The molecule has 11 aromatic rings. The maximum Gasteiger partial charge on any atom is 0.167 e. The lowest BCUT2D eigenvalue weighted by Gasteiger charge is -2.09. The molecule has 0 bridgehead atoms. The average Bonchev–Trinajstić information content (AvgIpc) is 3.90. The van der Waals surface area contributed by atoms with Gasteiger partial charge in [-0.2, -0.15) is 0 Å². The smallest absolute Gasteiger partial charge is 0.167 e. The minimum atomic E-state index is 0.512. The predicted octanol–water partition coefficient (Wildman–Crippen LogP) is 11.2. The first-order valence-electron chi connectivity index (χ1n) is 16.8. The number of rotatable bonds is 4. The highest BCUT2D eigenvalue weighted by Gasteiger charge is 2.23. The van der Waals surface area contributed by atoms with Crippen molar-refractivity contribution in [3.63, 3.8) is 0 Å². The molecule has 11 rings (SSSR count). The fourth-order valence-corrected chi connectivity index (χ4v) is 7.48. The highest BCUT2D eigenvalue weighted by molar-refractivity contribution is 6.14. The molecule has 7 nitrogen and oxygen atoms in total. The molecule has 0 amide bonds. The summed E-state index contributed by atoms with van der Waals surface area (Å²) in [6.07, 6.45) is 5.74. The van der Waals surface area contributed by atoms with E-state index >= 15 is 0 Å². The Balaban J connectivity index is 1.25. The van der Waals surface area contributed by atoms with Gasteiger partial charge in [0, 0.05) is 56.8 Å². The largest absolute Gasteiger partial charge is 0.455 e. The molecule has 0 fully saturated rings. The second kappa shape index (κ2) is 10.7. The molecule has 0 spiro atoms. The predicted molar refractivity (Wildman–Crippen MR) is 203 cm³/mol. The molecule has 0 radical (unpaired) electrons. The van der Waals surface area contributed by atoms with E-state index in [1.165, 1.54) is 0 Å². The minimum absolute atomic E-state index is 0.512. The summed E-state index contributed by atoms with van der Waals surface area (Å²) < 4.78 is 15.2. The van der Waals surface area contributed by atoms with Gasteiger partial charge in [0.2, 0.25) is 0 Å². The fourth-order valence-electron chi connectivity index (χ4n) is 7.48. The van der Waals surface area contributed by atoms with E-state index in [0.717, 1.165) is 87.9 Å². The van der Waals surface area contributed by atoms with E-state index in [-0.39, 0.29) is 0 Å². The highest BCUT2D eigenvalue weighted by Crippen LogP contribution is 2.41. The molecule has 0 aliphatic rings. The van der Waals surface area contributed by atoms with Crippen molar-refractivity contribution in [2.75, 3.05) is 0 Å². The number of pyridine rings is 1. The van der Waals surface area contributed by atoms with Gasteiger partial charge >= 0.3 is 0 Å². The van der Waals surface area contributed by atoms with Crippen molar-refractivity contribution in [2.45, 2.75) is 0 Å². The first-order chi connectivity index (χ1) is 25.3. The van der Waals surface area contributed by atoms with Gasteiger partial charge in [0.15, 0.2) is 17.5 Å². The van der Waals surface area contributed by atoms with Gasteiger partial charge in [-0.1, -0.05) is 91.0 Å². The topological polar surface area (TPSA) is 82.8 Å². The van der Waals surface area contributed by atoms with Crippen molar-refractivity contribution in [3.05, 3.63) is 152 Å². The quantitative estimate of drug-likeness (QED) is 0.188. The van der Waals surface area contributed by atoms with Crippen molar-refractivity contribution < 1.29 is 8.83 Å². The van der Waals surface area contributed by atoms with E-state index < -0.39 is 0 Å². The Morgan fingerprint density at radius 3 is 1.59 bits per heavy atom. The lowest BCUT2D eigenvalue weighted by molar-refractivity contribution is 0.669. The van der Waals surface area contributed by atoms with Crippen LogP contribution in [0.3, 0.4) is 0 Å². The molecule has 0 aliphatic heterocycles. The van der Waals surface area contributed by atoms with Gasteiger partial charge in [-0.15, -0.1) is 0 Å². The molecule has 7 heteroatoms. The van der Waals surface area contributed by atoms with Crippen LogP contribution >= 0.6 is 0 Å². The van der Waals surface area contributed by atoms with Crippen LogP contribution in [-0.4, -0.2) is 24.5 Å². The molecule has 5 heterocycles. The van der Waals surface area contributed by atoms with Crippen LogP contribution in [0, 0.1) is 0 Å². The lowest BCUT2D eigenvalue weighted by atomic mass is 10.0. The molecule has 0 atom stereocenters. The maximum atomic E-state index is 6.50. The normalized spacial score (nSPS) is 11.9. The third kappa shape index (κ3) is 4.18. The fraction of sp³-hybridized carbons (Fsp3) is 0. The second-order valence-electron chi connectivity index (χ2n) is 12.7. The van der Waals surface area contributed by atoms with E-state index in [1.807, 2.05) is 85.2 Å². The number of nitrogens with zero attached hydrogens (tertiary/aromatic N) is 5. The Morgan fingerprint density at radius 1 is 0.431 bits per heavy atom. The monoisotopic (exact) mass is 655 g/mol. The summed E-state index contributed by atoms with van der Waals surface area (Å²) in [6, 6.07) is 45.2. The molecule has 0 N–H and O–H groups in total. The summed E-state index contributed by atoms with van der Waals surface area (Å²) in [5.41, 5.74) is 7.57.